The Morgan fingerprint density at radius 1 is 1.19 bits per heavy atom. The number of rotatable bonds is 4. The minimum Gasteiger partial charge on any atom is -0.319 e. The Hall–Kier alpha value is -0.530. The summed E-state index contributed by atoms with van der Waals surface area (Å²) in [5.41, 5.74) is 1.68. The van der Waals surface area contributed by atoms with Crippen molar-refractivity contribution >= 4 is 11.6 Å². The number of halogens is 1. The summed E-state index contributed by atoms with van der Waals surface area (Å²) in [5, 5.41) is 4.09. The number of nitrogens with one attached hydrogen (secondary N) is 1. The van der Waals surface area contributed by atoms with Crippen molar-refractivity contribution in [3.63, 3.8) is 0 Å². The molecule has 1 atom stereocenters. The van der Waals surface area contributed by atoms with Gasteiger partial charge in [0.25, 0.3) is 0 Å². The fraction of sp³-hybridized carbons (Fsp3) is 0.571. The second-order valence-electron chi connectivity index (χ2n) is 5.45. The molecule has 1 N–H and O–H groups in total. The molecule has 0 bridgehead atoms. The monoisotopic (exact) mass is 239 g/mol. The molecule has 2 heteroatoms. The summed E-state index contributed by atoms with van der Waals surface area (Å²) in [5.74, 6) is 0.638. The Bertz CT molecular complexity index is 311. The highest BCUT2D eigenvalue weighted by Gasteiger charge is 2.23. The Kier molecular flexibility index (Phi) is 4.82. The van der Waals surface area contributed by atoms with Crippen molar-refractivity contribution in [2.45, 2.75) is 27.2 Å². The predicted molar refractivity (Wildman–Crippen MR) is 72.0 cm³/mol. The van der Waals surface area contributed by atoms with Crippen molar-refractivity contribution in [3.8, 4) is 0 Å². The minimum absolute atomic E-state index is 0.322. The summed E-state index contributed by atoms with van der Waals surface area (Å²) >= 11 is 5.89. The number of benzene rings is 1. The molecule has 0 fully saturated rings. The Balaban J connectivity index is 2.72. The molecule has 0 aliphatic rings. The zero-order chi connectivity index (χ0) is 12.2. The molecule has 1 aromatic carbocycles. The molecule has 0 saturated carbocycles. The van der Waals surface area contributed by atoms with Gasteiger partial charge >= 0.3 is 0 Å². The van der Waals surface area contributed by atoms with Crippen LogP contribution in [0.5, 0.6) is 0 Å². The summed E-state index contributed by atoms with van der Waals surface area (Å²) in [6.07, 6.45) is 1.10. The van der Waals surface area contributed by atoms with Crippen LogP contribution in [0.3, 0.4) is 0 Å². The highest BCUT2D eigenvalue weighted by Crippen LogP contribution is 2.28. The molecule has 16 heavy (non-hydrogen) atoms. The zero-order valence-corrected chi connectivity index (χ0v) is 11.4. The summed E-state index contributed by atoms with van der Waals surface area (Å²) in [7, 11) is 2.01. The smallest absolute Gasteiger partial charge is 0.0406 e. The van der Waals surface area contributed by atoms with Crippen molar-refractivity contribution in [1.29, 1.82) is 0 Å². The van der Waals surface area contributed by atoms with Crippen molar-refractivity contribution in [3.05, 3.63) is 34.9 Å². The maximum absolute atomic E-state index is 5.89. The first-order valence-corrected chi connectivity index (χ1v) is 6.20. The van der Waals surface area contributed by atoms with Crippen LogP contribution in [0.4, 0.5) is 0 Å². The highest BCUT2D eigenvalue weighted by molar-refractivity contribution is 6.30. The van der Waals surface area contributed by atoms with E-state index in [9.17, 15) is 0 Å². The maximum Gasteiger partial charge on any atom is 0.0406 e. The fourth-order valence-corrected chi connectivity index (χ4v) is 1.96. The molecular formula is C14H22ClN. The molecule has 90 valence electrons. The van der Waals surface area contributed by atoms with Crippen molar-refractivity contribution in [2.75, 3.05) is 13.6 Å². The van der Waals surface area contributed by atoms with Crippen LogP contribution in [-0.2, 0) is 6.42 Å². The van der Waals surface area contributed by atoms with E-state index < -0.39 is 0 Å². The van der Waals surface area contributed by atoms with Gasteiger partial charge in [-0.3, -0.25) is 0 Å². The molecule has 0 amide bonds. The fourth-order valence-electron chi connectivity index (χ4n) is 1.84. The normalized spacial score (nSPS) is 13.8. The van der Waals surface area contributed by atoms with Crippen LogP contribution in [0, 0.1) is 11.3 Å². The molecular weight excluding hydrogens is 218 g/mol. The van der Waals surface area contributed by atoms with E-state index in [-0.39, 0.29) is 0 Å². The molecule has 0 saturated heterocycles. The van der Waals surface area contributed by atoms with Gasteiger partial charge in [-0.05, 0) is 49.0 Å². The van der Waals surface area contributed by atoms with Crippen LogP contribution in [0.2, 0.25) is 5.02 Å². The van der Waals surface area contributed by atoms with E-state index in [4.69, 9.17) is 11.6 Å². The molecule has 0 aliphatic heterocycles. The molecule has 1 nitrogen and oxygen atoms in total. The van der Waals surface area contributed by atoms with Crippen molar-refractivity contribution in [2.24, 2.45) is 11.3 Å². The zero-order valence-electron chi connectivity index (χ0n) is 10.7. The molecule has 1 aromatic rings. The molecule has 0 radical (unpaired) electrons. The summed E-state index contributed by atoms with van der Waals surface area (Å²) in [4.78, 5) is 0. The first-order chi connectivity index (χ1) is 7.43. The van der Waals surface area contributed by atoms with Gasteiger partial charge in [0, 0.05) is 5.02 Å². The van der Waals surface area contributed by atoms with E-state index in [1.165, 1.54) is 5.56 Å². The van der Waals surface area contributed by atoms with Gasteiger partial charge in [0.15, 0.2) is 0 Å². The van der Waals surface area contributed by atoms with Gasteiger partial charge in [-0.1, -0.05) is 44.5 Å². The lowest BCUT2D eigenvalue weighted by atomic mass is 9.77. The van der Waals surface area contributed by atoms with Crippen LogP contribution in [0.1, 0.15) is 26.3 Å². The van der Waals surface area contributed by atoms with Gasteiger partial charge in [0.05, 0.1) is 0 Å². The number of hydrogen-bond donors (Lipinski definition) is 1. The quantitative estimate of drug-likeness (QED) is 0.844. The summed E-state index contributed by atoms with van der Waals surface area (Å²) in [6.45, 7) is 7.94. The van der Waals surface area contributed by atoms with Gasteiger partial charge in [-0.25, -0.2) is 0 Å². The van der Waals surface area contributed by atoms with Crippen molar-refractivity contribution in [1.82, 2.24) is 5.32 Å². The van der Waals surface area contributed by atoms with E-state index in [0.29, 0.717) is 11.3 Å². The third kappa shape index (κ3) is 4.15. The standard InChI is InChI=1S/C14H22ClN/c1-14(2,3)12(10-16-4)9-11-5-7-13(15)8-6-11/h5-8,12,16H,9-10H2,1-4H3. The van der Waals surface area contributed by atoms with Gasteiger partial charge in [0.1, 0.15) is 0 Å². The Labute approximate surface area is 104 Å². The van der Waals surface area contributed by atoms with E-state index in [0.717, 1.165) is 18.0 Å². The Morgan fingerprint density at radius 2 is 1.75 bits per heavy atom. The van der Waals surface area contributed by atoms with E-state index in [1.807, 2.05) is 19.2 Å². The SMILES string of the molecule is CNCC(Cc1ccc(Cl)cc1)C(C)(C)C. The van der Waals surface area contributed by atoms with Gasteiger partial charge in [-0.15, -0.1) is 0 Å². The third-order valence-electron chi connectivity index (χ3n) is 3.07. The van der Waals surface area contributed by atoms with Gasteiger partial charge in [0.2, 0.25) is 0 Å². The average molecular weight is 240 g/mol. The summed E-state index contributed by atoms with van der Waals surface area (Å²) in [6, 6.07) is 8.18. The van der Waals surface area contributed by atoms with Crippen LogP contribution in [0.15, 0.2) is 24.3 Å². The lowest BCUT2D eigenvalue weighted by Crippen LogP contribution is -2.31. The molecule has 1 rings (SSSR count). The van der Waals surface area contributed by atoms with Crippen LogP contribution in [-0.4, -0.2) is 13.6 Å². The van der Waals surface area contributed by atoms with E-state index in [2.05, 4.69) is 38.2 Å². The molecule has 0 spiro atoms. The van der Waals surface area contributed by atoms with Crippen LogP contribution < -0.4 is 5.32 Å². The second-order valence-corrected chi connectivity index (χ2v) is 5.89. The van der Waals surface area contributed by atoms with Gasteiger partial charge in [-0.2, -0.15) is 0 Å². The lowest BCUT2D eigenvalue weighted by Gasteiger charge is -2.30. The maximum atomic E-state index is 5.89. The third-order valence-corrected chi connectivity index (χ3v) is 3.32. The average Bonchev–Trinajstić information content (AvgIpc) is 2.19. The first-order valence-electron chi connectivity index (χ1n) is 5.82. The molecule has 0 heterocycles. The van der Waals surface area contributed by atoms with E-state index >= 15 is 0 Å². The molecule has 1 unspecified atom stereocenters. The van der Waals surface area contributed by atoms with Gasteiger partial charge < -0.3 is 5.32 Å². The highest BCUT2D eigenvalue weighted by atomic mass is 35.5. The van der Waals surface area contributed by atoms with Crippen LogP contribution in [0.25, 0.3) is 0 Å². The second kappa shape index (κ2) is 5.70. The lowest BCUT2D eigenvalue weighted by molar-refractivity contribution is 0.235. The minimum atomic E-state index is 0.322. The van der Waals surface area contributed by atoms with Crippen LogP contribution >= 0.6 is 11.6 Å². The molecule has 0 aliphatic carbocycles. The Morgan fingerprint density at radius 3 is 2.19 bits per heavy atom. The first kappa shape index (κ1) is 13.5. The summed E-state index contributed by atoms with van der Waals surface area (Å²) < 4.78 is 0. The van der Waals surface area contributed by atoms with E-state index in [1.54, 1.807) is 0 Å². The largest absolute Gasteiger partial charge is 0.319 e. The number of hydrogen-bond acceptors (Lipinski definition) is 1. The topological polar surface area (TPSA) is 12.0 Å². The van der Waals surface area contributed by atoms with Crippen molar-refractivity contribution < 1.29 is 0 Å². The molecule has 0 aromatic heterocycles. The predicted octanol–water partition coefficient (Wildman–Crippen LogP) is 3.76.